The summed E-state index contributed by atoms with van der Waals surface area (Å²) in [5.74, 6) is 1.12. The van der Waals surface area contributed by atoms with Gasteiger partial charge in [0.1, 0.15) is 20.8 Å². The van der Waals surface area contributed by atoms with Gasteiger partial charge in [0.2, 0.25) is 5.04 Å². The first-order valence-corrected chi connectivity index (χ1v) is 12.9. The Morgan fingerprint density at radius 1 is 1.17 bits per heavy atom. The van der Waals surface area contributed by atoms with Crippen molar-refractivity contribution in [2.75, 3.05) is 30.8 Å². The number of fused-ring (bicyclic) bond motifs is 3. The van der Waals surface area contributed by atoms with E-state index in [0.717, 1.165) is 33.1 Å². The number of thiazole rings is 1. The summed E-state index contributed by atoms with van der Waals surface area (Å²) < 4.78 is 6.19. The fourth-order valence-electron chi connectivity index (χ4n) is 4.12. The summed E-state index contributed by atoms with van der Waals surface area (Å²) in [6.45, 7) is 7.01. The van der Waals surface area contributed by atoms with Crippen LogP contribution in [0.5, 0.6) is 0 Å². The third-order valence-corrected chi connectivity index (χ3v) is 9.21. The third kappa shape index (κ3) is 3.15. The largest absolute Gasteiger partial charge is 0.336 e. The predicted molar refractivity (Wildman–Crippen MR) is 133 cm³/mol. The lowest BCUT2D eigenvalue weighted by Crippen LogP contribution is -2.33. The monoisotopic (exact) mass is 454 g/mol. The van der Waals surface area contributed by atoms with Crippen LogP contribution in [0.2, 0.25) is 0 Å². The van der Waals surface area contributed by atoms with Crippen LogP contribution in [0.1, 0.15) is 13.8 Å². The highest BCUT2D eigenvalue weighted by atomic mass is 32.2. The summed E-state index contributed by atoms with van der Waals surface area (Å²) in [7, 11) is 2.08. The maximum absolute atomic E-state index is 13.4. The van der Waals surface area contributed by atoms with E-state index in [1.807, 2.05) is 16.3 Å². The number of anilines is 1. The van der Waals surface area contributed by atoms with Crippen LogP contribution in [-0.2, 0) is 6.54 Å². The van der Waals surface area contributed by atoms with Crippen molar-refractivity contribution in [1.29, 1.82) is 0 Å². The van der Waals surface area contributed by atoms with Gasteiger partial charge in [0.15, 0.2) is 6.54 Å². The van der Waals surface area contributed by atoms with Gasteiger partial charge in [0, 0.05) is 23.9 Å². The standard InChI is InChI=1S/C23H24N3OS3/c1-4-25-12-13-28-18(25)14-19-26(5-2)22(27)21(30-19)23-24(3)20-16-9-7-6-8-15(16)10-11-17(20)29-23/h6-11,14H,4-5,12-13H2,1-3H3/q+1. The van der Waals surface area contributed by atoms with Crippen LogP contribution in [0.15, 0.2) is 46.1 Å². The molecular weight excluding hydrogens is 430 g/mol. The Morgan fingerprint density at radius 2 is 2.00 bits per heavy atom. The maximum atomic E-state index is 13.4. The van der Waals surface area contributed by atoms with E-state index in [1.165, 1.54) is 26.4 Å². The molecule has 0 atom stereocenters. The molecule has 0 spiro atoms. The highest BCUT2D eigenvalue weighted by Gasteiger charge is 2.27. The van der Waals surface area contributed by atoms with E-state index in [0.29, 0.717) is 6.54 Å². The molecular formula is C23H24N3OS3+. The van der Waals surface area contributed by atoms with Crippen molar-refractivity contribution >= 4 is 67.5 Å². The van der Waals surface area contributed by atoms with Gasteiger partial charge in [-0.25, -0.2) is 4.58 Å². The van der Waals surface area contributed by atoms with E-state index in [9.17, 15) is 4.79 Å². The number of benzene rings is 2. The molecule has 2 aromatic carbocycles. The summed E-state index contributed by atoms with van der Waals surface area (Å²) in [6, 6.07) is 12.8. The van der Waals surface area contributed by atoms with E-state index in [2.05, 4.69) is 72.8 Å². The average Bonchev–Trinajstić information content (AvgIpc) is 3.44. The van der Waals surface area contributed by atoms with Crippen LogP contribution in [0.4, 0.5) is 5.69 Å². The van der Waals surface area contributed by atoms with Crippen LogP contribution in [0, 0.1) is 0 Å². The smallest absolute Gasteiger partial charge is 0.271 e. The van der Waals surface area contributed by atoms with Crippen molar-refractivity contribution in [3.05, 3.63) is 55.9 Å². The molecule has 7 heteroatoms. The summed E-state index contributed by atoms with van der Waals surface area (Å²) in [5.41, 5.74) is 1.32. The Labute approximate surface area is 188 Å². The molecule has 1 aromatic heterocycles. The fourth-order valence-corrected chi connectivity index (χ4v) is 7.78. The summed E-state index contributed by atoms with van der Waals surface area (Å²) in [6.07, 6.45) is 2.21. The first-order valence-electron chi connectivity index (χ1n) is 10.3. The Balaban J connectivity index is 1.72. The summed E-state index contributed by atoms with van der Waals surface area (Å²) in [5, 5.41) is 4.77. The number of thioether (sulfide) groups is 2. The normalized spacial score (nSPS) is 18.8. The van der Waals surface area contributed by atoms with Gasteiger partial charge in [-0.15, -0.1) is 11.3 Å². The number of rotatable bonds is 3. The first kappa shape index (κ1) is 20.0. The van der Waals surface area contributed by atoms with Crippen molar-refractivity contribution in [2.24, 2.45) is 0 Å². The molecule has 0 fully saturated rings. The Kier molecular flexibility index (Phi) is 5.29. The van der Waals surface area contributed by atoms with Crippen LogP contribution < -0.4 is 19.7 Å². The molecule has 154 valence electrons. The van der Waals surface area contributed by atoms with Gasteiger partial charge in [-0.2, -0.15) is 0 Å². The van der Waals surface area contributed by atoms with Gasteiger partial charge in [-0.3, -0.25) is 9.36 Å². The highest BCUT2D eigenvalue weighted by molar-refractivity contribution is 8.14. The molecule has 30 heavy (non-hydrogen) atoms. The number of hydrogen-bond donors (Lipinski definition) is 0. The molecule has 0 unspecified atom stereocenters. The molecule has 2 aliphatic rings. The molecule has 0 saturated carbocycles. The zero-order valence-electron chi connectivity index (χ0n) is 17.3. The second-order valence-electron chi connectivity index (χ2n) is 7.33. The van der Waals surface area contributed by atoms with Gasteiger partial charge in [0.05, 0.1) is 17.5 Å². The van der Waals surface area contributed by atoms with Crippen molar-refractivity contribution < 1.29 is 4.58 Å². The van der Waals surface area contributed by atoms with Crippen LogP contribution in [-0.4, -0.2) is 40.1 Å². The van der Waals surface area contributed by atoms with Crippen LogP contribution in [0.25, 0.3) is 21.9 Å². The first-order chi connectivity index (χ1) is 14.6. The molecule has 0 aliphatic carbocycles. The van der Waals surface area contributed by atoms with Gasteiger partial charge in [0.25, 0.3) is 5.56 Å². The zero-order valence-corrected chi connectivity index (χ0v) is 19.8. The highest BCUT2D eigenvalue weighted by Crippen LogP contribution is 2.48. The predicted octanol–water partition coefficient (Wildman–Crippen LogP) is 3.35. The molecule has 2 aliphatic heterocycles. The Hall–Kier alpha value is -1.96. The SMILES string of the molecule is CCn1c(=CC2=[N+](CC)CCS2)sc(=C2Sc3ccc4ccccc4c3N2C)c1=O. The van der Waals surface area contributed by atoms with Crippen LogP contribution >= 0.6 is 34.9 Å². The van der Waals surface area contributed by atoms with Gasteiger partial charge in [-0.1, -0.05) is 53.9 Å². The van der Waals surface area contributed by atoms with Crippen molar-refractivity contribution in [2.45, 2.75) is 25.3 Å². The topological polar surface area (TPSA) is 28.2 Å². The minimum Gasteiger partial charge on any atom is -0.336 e. The zero-order chi connectivity index (χ0) is 20.8. The van der Waals surface area contributed by atoms with E-state index in [4.69, 9.17) is 0 Å². The lowest BCUT2D eigenvalue weighted by molar-refractivity contribution is -0.512. The maximum Gasteiger partial charge on any atom is 0.271 e. The number of nitrogens with zero attached hydrogens (tertiary/aromatic N) is 3. The number of aromatic nitrogens is 1. The van der Waals surface area contributed by atoms with Crippen molar-refractivity contribution in [3.63, 3.8) is 0 Å². The molecule has 0 saturated heterocycles. The van der Waals surface area contributed by atoms with Gasteiger partial charge in [-0.05, 0) is 25.3 Å². The second-order valence-corrected chi connectivity index (χ2v) is 10.5. The fraction of sp³-hybridized carbons (Fsp3) is 0.304. The van der Waals surface area contributed by atoms with Crippen LogP contribution in [0.3, 0.4) is 0 Å². The lowest BCUT2D eigenvalue weighted by Gasteiger charge is -2.15. The van der Waals surface area contributed by atoms with Gasteiger partial charge >= 0.3 is 0 Å². The van der Waals surface area contributed by atoms with Crippen molar-refractivity contribution in [1.82, 2.24) is 4.57 Å². The minimum atomic E-state index is 0.117. The minimum absolute atomic E-state index is 0.117. The summed E-state index contributed by atoms with van der Waals surface area (Å²) >= 11 is 5.22. The Bertz CT molecular complexity index is 1370. The molecule has 3 heterocycles. The molecule has 4 nitrogen and oxygen atoms in total. The quantitative estimate of drug-likeness (QED) is 0.568. The molecule has 0 amide bonds. The molecule has 0 bridgehead atoms. The van der Waals surface area contributed by atoms with E-state index in [1.54, 1.807) is 23.1 Å². The molecule has 5 rings (SSSR count). The molecule has 0 N–H and O–H groups in total. The lowest BCUT2D eigenvalue weighted by atomic mass is 10.1. The van der Waals surface area contributed by atoms with E-state index >= 15 is 0 Å². The molecule has 0 radical (unpaired) electrons. The average molecular weight is 455 g/mol. The molecule has 3 aromatic rings. The Morgan fingerprint density at radius 3 is 2.80 bits per heavy atom. The van der Waals surface area contributed by atoms with E-state index in [-0.39, 0.29) is 5.56 Å². The number of hydrogen-bond acceptors (Lipinski definition) is 5. The summed E-state index contributed by atoms with van der Waals surface area (Å²) in [4.78, 5) is 16.8. The van der Waals surface area contributed by atoms with E-state index < -0.39 is 0 Å². The van der Waals surface area contributed by atoms with Crippen molar-refractivity contribution in [3.8, 4) is 0 Å². The van der Waals surface area contributed by atoms with Gasteiger partial charge < -0.3 is 4.90 Å². The second kappa shape index (κ2) is 7.94. The third-order valence-electron chi connectivity index (χ3n) is 5.68.